The van der Waals surface area contributed by atoms with Crippen LogP contribution in [0.4, 0.5) is 5.69 Å². The molecule has 0 radical (unpaired) electrons. The van der Waals surface area contributed by atoms with Crippen LogP contribution in [0.5, 0.6) is 11.5 Å². The predicted molar refractivity (Wildman–Crippen MR) is 155 cm³/mol. The van der Waals surface area contributed by atoms with Crippen molar-refractivity contribution < 1.29 is 9.15 Å². The number of nitrogens with zero attached hydrogens (tertiary/aromatic N) is 2. The molecule has 5 nitrogen and oxygen atoms in total. The highest BCUT2D eigenvalue weighted by atomic mass is 32.2. The topological polar surface area (TPSA) is 50.5 Å². The maximum absolute atomic E-state index is 6.41. The predicted octanol–water partition coefficient (Wildman–Crippen LogP) is 8.10. The Morgan fingerprint density at radius 1 is 0.868 bits per heavy atom. The molecular weight excluding hydrogens is 510 g/mol. The van der Waals surface area contributed by atoms with E-state index < -0.39 is 0 Å². The van der Waals surface area contributed by atoms with E-state index in [9.17, 15) is 0 Å². The molecule has 38 heavy (non-hydrogen) atoms. The molecule has 0 amide bonds. The minimum absolute atomic E-state index is 0.174. The molecule has 1 fully saturated rings. The fourth-order valence-corrected chi connectivity index (χ4v) is 5.69. The van der Waals surface area contributed by atoms with Crippen LogP contribution in [-0.2, 0) is 0 Å². The summed E-state index contributed by atoms with van der Waals surface area (Å²) in [5, 5.41) is 4.93. The van der Waals surface area contributed by atoms with Gasteiger partial charge in [-0.15, -0.1) is 0 Å². The molecule has 1 aliphatic heterocycles. The van der Waals surface area contributed by atoms with Crippen molar-refractivity contribution in [3.05, 3.63) is 132 Å². The molecule has 0 aliphatic carbocycles. The summed E-state index contributed by atoms with van der Waals surface area (Å²) in [7, 11) is 0. The number of hydrogen-bond acceptors (Lipinski definition) is 5. The van der Waals surface area contributed by atoms with E-state index in [1.807, 2.05) is 104 Å². The second-order valence-corrected chi connectivity index (χ2v) is 10.4. The molecule has 0 spiro atoms. The number of thiocarbonyl (C=S) groups is 1. The zero-order valence-corrected chi connectivity index (χ0v) is 22.3. The molecule has 1 N–H and O–H groups in total. The van der Waals surface area contributed by atoms with Crippen molar-refractivity contribution in [3.63, 3.8) is 0 Å². The molecule has 188 valence electrons. The van der Waals surface area contributed by atoms with Crippen molar-refractivity contribution in [2.45, 2.75) is 29.0 Å². The summed E-state index contributed by atoms with van der Waals surface area (Å²) >= 11 is 7.45. The summed E-state index contributed by atoms with van der Waals surface area (Å²) in [6, 6.07) is 35.7. The van der Waals surface area contributed by atoms with Gasteiger partial charge in [-0.1, -0.05) is 54.2 Å². The molecule has 0 bridgehead atoms. The fourth-order valence-electron chi connectivity index (χ4n) is 4.55. The first-order valence-electron chi connectivity index (χ1n) is 12.3. The monoisotopic (exact) mass is 535 g/mol. The average Bonchev–Trinajstić information content (AvgIpc) is 3.55. The van der Waals surface area contributed by atoms with Crippen LogP contribution in [0.2, 0.25) is 0 Å². The lowest BCUT2D eigenvalue weighted by Gasteiger charge is -2.26. The largest absolute Gasteiger partial charge is 0.457 e. The Morgan fingerprint density at radius 3 is 2.39 bits per heavy atom. The molecule has 2 unspecified atom stereocenters. The van der Waals surface area contributed by atoms with E-state index in [1.54, 1.807) is 18.0 Å². The fraction of sp³-hybridized carbons (Fsp3) is 0.0968. The summed E-state index contributed by atoms with van der Waals surface area (Å²) in [5.41, 5.74) is 2.93. The molecule has 3 heterocycles. The van der Waals surface area contributed by atoms with Gasteiger partial charge in [0.15, 0.2) is 10.2 Å². The number of aryl methyl sites for hydroxylation is 1. The molecule has 2 aromatic heterocycles. The van der Waals surface area contributed by atoms with Gasteiger partial charge in [-0.2, -0.15) is 0 Å². The zero-order valence-electron chi connectivity index (χ0n) is 20.7. The van der Waals surface area contributed by atoms with Crippen molar-refractivity contribution in [3.8, 4) is 11.5 Å². The van der Waals surface area contributed by atoms with Gasteiger partial charge in [0.25, 0.3) is 0 Å². The number of anilines is 1. The average molecular weight is 536 g/mol. The van der Waals surface area contributed by atoms with E-state index in [-0.39, 0.29) is 12.1 Å². The minimum Gasteiger partial charge on any atom is -0.457 e. The van der Waals surface area contributed by atoms with Crippen molar-refractivity contribution in [1.82, 2.24) is 10.3 Å². The van der Waals surface area contributed by atoms with Gasteiger partial charge in [0, 0.05) is 16.8 Å². The SMILES string of the molecule is Cc1ccccc1Oc1ccc(N2C(=S)NC(c3ccccn3)C2c2ccc(Sc3ccccc3)o2)cc1. The summed E-state index contributed by atoms with van der Waals surface area (Å²) < 4.78 is 12.5. The summed E-state index contributed by atoms with van der Waals surface area (Å²) in [6.45, 7) is 2.04. The summed E-state index contributed by atoms with van der Waals surface area (Å²) in [6.07, 6.45) is 1.80. The first kappa shape index (κ1) is 24.3. The number of nitrogens with one attached hydrogen (secondary N) is 1. The lowest BCUT2D eigenvalue weighted by atomic mass is 10.0. The van der Waals surface area contributed by atoms with Crippen LogP contribution in [-0.4, -0.2) is 10.1 Å². The normalized spacial score (nSPS) is 16.9. The number of rotatable bonds is 7. The van der Waals surface area contributed by atoms with Crippen LogP contribution in [0, 0.1) is 6.92 Å². The molecular formula is C31H25N3O2S2. The number of para-hydroxylation sites is 1. The van der Waals surface area contributed by atoms with E-state index in [0.29, 0.717) is 5.11 Å². The van der Waals surface area contributed by atoms with E-state index >= 15 is 0 Å². The lowest BCUT2D eigenvalue weighted by molar-refractivity contribution is 0.383. The molecule has 6 rings (SSSR count). The maximum atomic E-state index is 6.41. The van der Waals surface area contributed by atoms with Crippen LogP contribution in [0.1, 0.15) is 29.1 Å². The quantitative estimate of drug-likeness (QED) is 0.211. The molecule has 3 aromatic carbocycles. The van der Waals surface area contributed by atoms with Gasteiger partial charge in [0.2, 0.25) is 0 Å². The van der Waals surface area contributed by atoms with Gasteiger partial charge in [0.05, 0.1) is 11.7 Å². The van der Waals surface area contributed by atoms with Crippen LogP contribution in [0.25, 0.3) is 0 Å². The molecule has 2 atom stereocenters. The van der Waals surface area contributed by atoms with Crippen LogP contribution in [0.15, 0.2) is 130 Å². The molecule has 1 aliphatic rings. The Labute approximate surface area is 231 Å². The molecule has 1 saturated heterocycles. The Bertz CT molecular complexity index is 1540. The smallest absolute Gasteiger partial charge is 0.174 e. The van der Waals surface area contributed by atoms with Crippen LogP contribution in [0.3, 0.4) is 0 Å². The second kappa shape index (κ2) is 10.7. The molecule has 7 heteroatoms. The Morgan fingerprint density at radius 2 is 1.63 bits per heavy atom. The first-order chi connectivity index (χ1) is 18.7. The Balaban J connectivity index is 1.32. The van der Waals surface area contributed by atoms with Crippen molar-refractivity contribution in [2.24, 2.45) is 0 Å². The third kappa shape index (κ3) is 5.03. The second-order valence-electron chi connectivity index (χ2n) is 8.93. The third-order valence-electron chi connectivity index (χ3n) is 6.39. The highest BCUT2D eigenvalue weighted by molar-refractivity contribution is 7.99. The molecule has 0 saturated carbocycles. The summed E-state index contributed by atoms with van der Waals surface area (Å²) in [5.74, 6) is 2.41. The minimum atomic E-state index is -0.217. The Hall–Kier alpha value is -4.07. The van der Waals surface area contributed by atoms with E-state index in [4.69, 9.17) is 21.4 Å². The van der Waals surface area contributed by atoms with Gasteiger partial charge in [-0.05, 0) is 91.4 Å². The van der Waals surface area contributed by atoms with Gasteiger partial charge in [-0.3, -0.25) is 4.98 Å². The highest BCUT2D eigenvalue weighted by Crippen LogP contribution is 2.43. The van der Waals surface area contributed by atoms with Crippen LogP contribution >= 0.6 is 24.0 Å². The number of pyridine rings is 1. The maximum Gasteiger partial charge on any atom is 0.174 e. The Kier molecular flexibility index (Phi) is 6.86. The number of aromatic nitrogens is 1. The number of benzene rings is 3. The van der Waals surface area contributed by atoms with Crippen molar-refractivity contribution >= 4 is 34.8 Å². The van der Waals surface area contributed by atoms with E-state index in [1.165, 1.54) is 0 Å². The number of hydrogen-bond donors (Lipinski definition) is 1. The third-order valence-corrected chi connectivity index (χ3v) is 7.63. The standard InChI is InChI=1S/C31H25N3O2S2/c1-21-9-5-6-13-26(21)35-23-16-14-22(15-17-23)34-30(29(33-31(34)37)25-12-7-8-20-32-25)27-18-19-28(36-27)38-24-10-3-2-4-11-24/h2-20,29-30H,1H3,(H,33,37). The van der Waals surface area contributed by atoms with Gasteiger partial charge < -0.3 is 19.4 Å². The lowest BCUT2D eigenvalue weighted by Crippen LogP contribution is -2.29. The zero-order chi connectivity index (χ0) is 25.9. The molecule has 5 aromatic rings. The van der Waals surface area contributed by atoms with Gasteiger partial charge >= 0.3 is 0 Å². The van der Waals surface area contributed by atoms with Gasteiger partial charge in [0.1, 0.15) is 23.3 Å². The summed E-state index contributed by atoms with van der Waals surface area (Å²) in [4.78, 5) is 7.85. The van der Waals surface area contributed by atoms with E-state index in [0.717, 1.165) is 44.2 Å². The van der Waals surface area contributed by atoms with Crippen molar-refractivity contribution in [1.29, 1.82) is 0 Å². The number of furan rings is 1. The number of ether oxygens (including phenoxy) is 1. The van der Waals surface area contributed by atoms with Gasteiger partial charge in [-0.25, -0.2) is 0 Å². The van der Waals surface area contributed by atoms with Crippen LogP contribution < -0.4 is 15.0 Å². The highest BCUT2D eigenvalue weighted by Gasteiger charge is 2.42. The van der Waals surface area contributed by atoms with Crippen molar-refractivity contribution in [2.75, 3.05) is 4.90 Å². The van der Waals surface area contributed by atoms with E-state index in [2.05, 4.69) is 27.3 Å². The first-order valence-corrected chi connectivity index (χ1v) is 13.5.